The summed E-state index contributed by atoms with van der Waals surface area (Å²) in [5.41, 5.74) is 0.810. The van der Waals surface area contributed by atoms with E-state index in [2.05, 4.69) is 15.9 Å². The Hall–Kier alpha value is -2.67. The van der Waals surface area contributed by atoms with Gasteiger partial charge in [0, 0.05) is 16.2 Å². The van der Waals surface area contributed by atoms with Crippen molar-refractivity contribution in [3.63, 3.8) is 0 Å². The lowest BCUT2D eigenvalue weighted by Crippen LogP contribution is -2.28. The fourth-order valence-electron chi connectivity index (χ4n) is 2.35. The molecule has 1 aromatic carbocycles. The topological polar surface area (TPSA) is 72.9 Å². The van der Waals surface area contributed by atoms with Crippen LogP contribution in [0.25, 0.3) is 0 Å². The van der Waals surface area contributed by atoms with E-state index in [9.17, 15) is 14.4 Å². The van der Waals surface area contributed by atoms with Gasteiger partial charge in [0.1, 0.15) is 5.70 Å². The molecule has 0 unspecified atom stereocenters. The maximum atomic E-state index is 12.4. The molecule has 0 fully saturated rings. The number of benzene rings is 1. The lowest BCUT2D eigenvalue weighted by atomic mass is 10.1. The van der Waals surface area contributed by atoms with Gasteiger partial charge in [0.05, 0.1) is 25.5 Å². The van der Waals surface area contributed by atoms with Crippen LogP contribution in [0.15, 0.2) is 58.4 Å². The van der Waals surface area contributed by atoms with Crippen LogP contribution in [0.4, 0.5) is 5.69 Å². The van der Waals surface area contributed by atoms with Crippen molar-refractivity contribution in [2.24, 2.45) is 0 Å². The van der Waals surface area contributed by atoms with Crippen molar-refractivity contribution >= 4 is 39.3 Å². The van der Waals surface area contributed by atoms with Crippen molar-refractivity contribution in [2.45, 2.75) is 6.92 Å². The standard InChI is InChI=1S/C18H16BrNO5/c1-11(21)14-10-12(19)7-8-15(14)20-9-5-4-6-13(17(22)24-2)16(20)18(23)25-3/h4-10H,1-3H3. The molecule has 0 aromatic heterocycles. The second-order valence-electron chi connectivity index (χ2n) is 5.03. The molecule has 0 saturated heterocycles. The number of esters is 2. The maximum absolute atomic E-state index is 12.4. The van der Waals surface area contributed by atoms with E-state index in [-0.39, 0.29) is 17.1 Å². The number of methoxy groups -OCH3 is 2. The van der Waals surface area contributed by atoms with Crippen molar-refractivity contribution in [2.75, 3.05) is 19.1 Å². The number of carbonyl (C=O) groups excluding carboxylic acids is 3. The normalized spacial score (nSPS) is 13.5. The van der Waals surface area contributed by atoms with Gasteiger partial charge in [-0.3, -0.25) is 4.79 Å². The minimum atomic E-state index is -0.728. The van der Waals surface area contributed by atoms with Gasteiger partial charge >= 0.3 is 11.9 Å². The molecule has 0 radical (unpaired) electrons. The molecule has 130 valence electrons. The Labute approximate surface area is 153 Å². The number of hydrogen-bond donors (Lipinski definition) is 0. The highest BCUT2D eigenvalue weighted by atomic mass is 79.9. The van der Waals surface area contributed by atoms with Crippen LogP contribution in [0, 0.1) is 0 Å². The predicted molar refractivity (Wildman–Crippen MR) is 96.0 cm³/mol. The average molecular weight is 406 g/mol. The van der Waals surface area contributed by atoms with Crippen molar-refractivity contribution in [3.8, 4) is 0 Å². The van der Waals surface area contributed by atoms with Gasteiger partial charge in [-0.05, 0) is 37.3 Å². The van der Waals surface area contributed by atoms with E-state index in [0.29, 0.717) is 11.3 Å². The average Bonchev–Trinajstić information content (AvgIpc) is 2.83. The molecule has 1 aliphatic heterocycles. The molecule has 0 saturated carbocycles. The largest absolute Gasteiger partial charge is 0.465 e. The summed E-state index contributed by atoms with van der Waals surface area (Å²) in [4.78, 5) is 38.0. The number of ether oxygens (including phenoxy) is 2. The number of nitrogens with zero attached hydrogens (tertiary/aromatic N) is 1. The smallest absolute Gasteiger partial charge is 0.355 e. The van der Waals surface area contributed by atoms with E-state index >= 15 is 0 Å². The second kappa shape index (κ2) is 7.94. The molecule has 6 nitrogen and oxygen atoms in total. The van der Waals surface area contributed by atoms with Crippen LogP contribution >= 0.6 is 15.9 Å². The van der Waals surface area contributed by atoms with E-state index in [1.807, 2.05) is 0 Å². The van der Waals surface area contributed by atoms with Crippen molar-refractivity contribution < 1.29 is 23.9 Å². The van der Waals surface area contributed by atoms with Crippen LogP contribution < -0.4 is 4.90 Å². The van der Waals surface area contributed by atoms with Crippen LogP contribution in [0.3, 0.4) is 0 Å². The highest BCUT2D eigenvalue weighted by Gasteiger charge is 2.29. The molecular formula is C18H16BrNO5. The van der Waals surface area contributed by atoms with Gasteiger partial charge in [-0.1, -0.05) is 22.0 Å². The number of anilines is 1. The van der Waals surface area contributed by atoms with Crippen molar-refractivity contribution in [3.05, 3.63) is 63.9 Å². The predicted octanol–water partition coefficient (Wildman–Crippen LogP) is 3.14. The lowest BCUT2D eigenvalue weighted by molar-refractivity contribution is -0.139. The summed E-state index contributed by atoms with van der Waals surface area (Å²) in [5, 5.41) is 0. The molecule has 0 bridgehead atoms. The molecule has 2 rings (SSSR count). The first-order chi connectivity index (χ1) is 11.9. The fourth-order valence-corrected chi connectivity index (χ4v) is 2.71. The van der Waals surface area contributed by atoms with Crippen LogP contribution in [0.5, 0.6) is 0 Å². The molecular weight excluding hydrogens is 390 g/mol. The third-order valence-electron chi connectivity index (χ3n) is 3.49. The first-order valence-corrected chi connectivity index (χ1v) is 8.05. The fraction of sp³-hybridized carbons (Fsp3) is 0.167. The van der Waals surface area contributed by atoms with E-state index in [0.717, 1.165) is 4.47 Å². The van der Waals surface area contributed by atoms with Crippen LogP contribution in [0.1, 0.15) is 17.3 Å². The van der Waals surface area contributed by atoms with Gasteiger partial charge in [-0.2, -0.15) is 0 Å². The summed E-state index contributed by atoms with van der Waals surface area (Å²) in [6.45, 7) is 1.42. The van der Waals surface area contributed by atoms with Gasteiger partial charge in [0.2, 0.25) is 0 Å². The quantitative estimate of drug-likeness (QED) is 0.565. The number of Topliss-reactive ketones (excluding diaryl/α,β-unsaturated/α-hetero) is 1. The highest BCUT2D eigenvalue weighted by molar-refractivity contribution is 9.10. The zero-order chi connectivity index (χ0) is 18.6. The maximum Gasteiger partial charge on any atom is 0.355 e. The number of hydrogen-bond acceptors (Lipinski definition) is 6. The number of halogens is 1. The molecule has 7 heteroatoms. The molecule has 1 heterocycles. The number of allylic oxidation sites excluding steroid dienone is 2. The Morgan fingerprint density at radius 3 is 2.32 bits per heavy atom. The second-order valence-corrected chi connectivity index (χ2v) is 5.95. The summed E-state index contributed by atoms with van der Waals surface area (Å²) >= 11 is 3.33. The molecule has 25 heavy (non-hydrogen) atoms. The van der Waals surface area contributed by atoms with Gasteiger partial charge in [0.25, 0.3) is 0 Å². The molecule has 1 aromatic rings. The minimum Gasteiger partial charge on any atom is -0.465 e. The Morgan fingerprint density at radius 2 is 1.72 bits per heavy atom. The zero-order valence-electron chi connectivity index (χ0n) is 13.9. The van der Waals surface area contributed by atoms with Crippen LogP contribution in [-0.2, 0) is 19.1 Å². The van der Waals surface area contributed by atoms with E-state index in [1.54, 1.807) is 36.6 Å². The number of rotatable bonds is 4. The summed E-state index contributed by atoms with van der Waals surface area (Å²) in [7, 11) is 2.44. The van der Waals surface area contributed by atoms with Gasteiger partial charge in [-0.15, -0.1) is 0 Å². The number of ketones is 1. The molecule has 0 atom stereocenters. The Kier molecular flexibility index (Phi) is 5.93. The third-order valence-corrected chi connectivity index (χ3v) is 3.98. The van der Waals surface area contributed by atoms with Crippen LogP contribution in [0.2, 0.25) is 0 Å². The number of carbonyl (C=O) groups is 3. The van der Waals surface area contributed by atoms with Crippen LogP contribution in [-0.4, -0.2) is 31.9 Å². The van der Waals surface area contributed by atoms with Gasteiger partial charge in [0.15, 0.2) is 5.78 Å². The Balaban J connectivity index is 2.76. The van der Waals surface area contributed by atoms with Crippen molar-refractivity contribution in [1.29, 1.82) is 0 Å². The first-order valence-electron chi connectivity index (χ1n) is 7.26. The molecule has 0 aliphatic carbocycles. The molecule has 0 spiro atoms. The lowest BCUT2D eigenvalue weighted by Gasteiger charge is -2.25. The third kappa shape index (κ3) is 3.88. The Bertz CT molecular complexity index is 823. The monoisotopic (exact) mass is 405 g/mol. The summed E-state index contributed by atoms with van der Waals surface area (Å²) < 4.78 is 10.3. The summed E-state index contributed by atoms with van der Waals surface area (Å²) in [5.74, 6) is -1.61. The zero-order valence-corrected chi connectivity index (χ0v) is 15.5. The Morgan fingerprint density at radius 1 is 1.04 bits per heavy atom. The SMILES string of the molecule is COC(=O)C1=C(C(=O)OC)N(c2ccc(Br)cc2C(C)=O)C=CC=C1. The highest BCUT2D eigenvalue weighted by Crippen LogP contribution is 2.31. The van der Waals surface area contributed by atoms with E-state index in [4.69, 9.17) is 9.47 Å². The summed E-state index contributed by atoms with van der Waals surface area (Å²) in [6.07, 6.45) is 6.28. The van der Waals surface area contributed by atoms with Crippen molar-refractivity contribution in [1.82, 2.24) is 0 Å². The van der Waals surface area contributed by atoms with Gasteiger partial charge in [-0.25, -0.2) is 9.59 Å². The van der Waals surface area contributed by atoms with E-state index in [1.165, 1.54) is 32.1 Å². The first kappa shape index (κ1) is 18.7. The molecule has 0 N–H and O–H groups in total. The van der Waals surface area contributed by atoms with Gasteiger partial charge < -0.3 is 14.4 Å². The minimum absolute atomic E-state index is 0.0248. The molecule has 0 amide bonds. The molecule has 1 aliphatic rings. The van der Waals surface area contributed by atoms with E-state index < -0.39 is 11.9 Å². The summed E-state index contributed by atoms with van der Waals surface area (Å²) in [6, 6.07) is 5.06.